The van der Waals surface area contributed by atoms with E-state index in [1.165, 1.54) is 30.0 Å². The molecule has 0 bridgehead atoms. The number of aryl methyl sites for hydroxylation is 2. The fourth-order valence-electron chi connectivity index (χ4n) is 2.56. The van der Waals surface area contributed by atoms with E-state index in [0.717, 1.165) is 23.3 Å². The summed E-state index contributed by atoms with van der Waals surface area (Å²) >= 11 is 2.65. The van der Waals surface area contributed by atoms with E-state index in [2.05, 4.69) is 11.9 Å². The maximum absolute atomic E-state index is 13.0. The third-order valence-electron chi connectivity index (χ3n) is 4.22. The summed E-state index contributed by atoms with van der Waals surface area (Å²) in [6, 6.07) is 1.86. The molecule has 138 valence electrons. The highest BCUT2D eigenvalue weighted by molar-refractivity contribution is 7.99. The van der Waals surface area contributed by atoms with E-state index in [-0.39, 0.29) is 22.8 Å². The van der Waals surface area contributed by atoms with Crippen molar-refractivity contribution in [3.63, 3.8) is 0 Å². The summed E-state index contributed by atoms with van der Waals surface area (Å²) < 4.78 is 1.64. The molecule has 6 nitrogen and oxygen atoms in total. The van der Waals surface area contributed by atoms with Gasteiger partial charge in [0.2, 0.25) is 0 Å². The first-order valence-electron chi connectivity index (χ1n) is 8.42. The summed E-state index contributed by atoms with van der Waals surface area (Å²) in [7, 11) is 0. The van der Waals surface area contributed by atoms with Crippen molar-refractivity contribution in [2.24, 2.45) is 5.92 Å². The van der Waals surface area contributed by atoms with Crippen LogP contribution in [0.1, 0.15) is 37.1 Å². The smallest absolute Gasteiger partial charge is 0.263 e. The summed E-state index contributed by atoms with van der Waals surface area (Å²) in [6.45, 7) is 7.96. The number of ketones is 1. The first-order chi connectivity index (χ1) is 12.3. The molecule has 0 radical (unpaired) electrons. The van der Waals surface area contributed by atoms with Gasteiger partial charge in [-0.2, -0.15) is 5.26 Å². The fourth-order valence-corrected chi connectivity index (χ4v) is 4.56. The number of aromatic nitrogens is 2. The average Bonchev–Trinajstić information content (AvgIpc) is 2.87. The Balaban J connectivity index is 2.42. The molecule has 0 saturated carbocycles. The van der Waals surface area contributed by atoms with Crippen LogP contribution in [0.15, 0.2) is 9.95 Å². The second-order valence-electron chi connectivity index (χ2n) is 6.17. The van der Waals surface area contributed by atoms with Crippen molar-refractivity contribution in [3.05, 3.63) is 20.8 Å². The lowest BCUT2D eigenvalue weighted by Crippen LogP contribution is -2.25. The molecule has 1 atom stereocenters. The van der Waals surface area contributed by atoms with Gasteiger partial charge < -0.3 is 5.41 Å². The zero-order valence-electron chi connectivity index (χ0n) is 15.4. The Labute approximate surface area is 160 Å². The maximum atomic E-state index is 13.0. The van der Waals surface area contributed by atoms with Crippen LogP contribution in [-0.2, 0) is 11.3 Å². The monoisotopic (exact) mass is 390 g/mol. The van der Waals surface area contributed by atoms with Gasteiger partial charge in [-0.25, -0.2) is 4.98 Å². The van der Waals surface area contributed by atoms with Gasteiger partial charge in [0.05, 0.1) is 17.2 Å². The number of hydrogen-bond donors (Lipinski definition) is 1. The summed E-state index contributed by atoms with van der Waals surface area (Å²) in [5.74, 6) is -1.35. The van der Waals surface area contributed by atoms with E-state index < -0.39 is 5.92 Å². The predicted molar refractivity (Wildman–Crippen MR) is 106 cm³/mol. The molecule has 0 spiro atoms. The van der Waals surface area contributed by atoms with Crippen molar-refractivity contribution in [1.29, 1.82) is 10.7 Å². The Morgan fingerprint density at radius 3 is 2.73 bits per heavy atom. The summed E-state index contributed by atoms with van der Waals surface area (Å²) in [5, 5.41) is 17.8. The molecular formula is C18H22N4O2S2. The summed E-state index contributed by atoms with van der Waals surface area (Å²) in [4.78, 5) is 31.6. The van der Waals surface area contributed by atoms with Crippen LogP contribution in [-0.4, -0.2) is 26.8 Å². The van der Waals surface area contributed by atoms with Gasteiger partial charge in [0.1, 0.15) is 10.7 Å². The van der Waals surface area contributed by atoms with Gasteiger partial charge in [-0.3, -0.25) is 14.2 Å². The molecule has 1 N–H and O–H groups in total. The molecule has 0 unspecified atom stereocenters. The minimum Gasteiger partial charge on any atom is -0.308 e. The second-order valence-corrected chi connectivity index (χ2v) is 8.31. The van der Waals surface area contributed by atoms with Crippen molar-refractivity contribution < 1.29 is 4.79 Å². The number of thioether (sulfide) groups is 1. The van der Waals surface area contributed by atoms with Gasteiger partial charge >= 0.3 is 0 Å². The highest BCUT2D eigenvalue weighted by Gasteiger charge is 2.22. The van der Waals surface area contributed by atoms with E-state index in [1.54, 1.807) is 4.57 Å². The lowest BCUT2D eigenvalue weighted by molar-refractivity contribution is -0.117. The number of rotatable bonds is 8. The third kappa shape index (κ3) is 4.05. The molecule has 2 aromatic rings. The molecule has 0 amide bonds. The predicted octanol–water partition coefficient (Wildman–Crippen LogP) is 3.72. The van der Waals surface area contributed by atoms with Gasteiger partial charge in [-0.05, 0) is 32.8 Å². The minimum absolute atomic E-state index is 0.0157. The number of fused-ring (bicyclic) bond motifs is 1. The van der Waals surface area contributed by atoms with Crippen LogP contribution >= 0.6 is 23.1 Å². The molecule has 2 rings (SSSR count). The Kier molecular flexibility index (Phi) is 6.73. The summed E-state index contributed by atoms with van der Waals surface area (Å²) in [5.41, 5.74) is 0.930. The van der Waals surface area contributed by atoms with E-state index in [9.17, 15) is 9.59 Å². The Morgan fingerprint density at radius 2 is 2.15 bits per heavy atom. The largest absolute Gasteiger partial charge is 0.308 e. The first kappa shape index (κ1) is 20.3. The van der Waals surface area contributed by atoms with Gasteiger partial charge in [-0.1, -0.05) is 25.1 Å². The SMILES string of the molecule is CCCCn1c(SCC(=O)[C@H](C#N)C(C)=N)nc2sc(C)c(C)c2c1=O. The van der Waals surface area contributed by atoms with E-state index in [4.69, 9.17) is 10.7 Å². The van der Waals surface area contributed by atoms with E-state index in [0.29, 0.717) is 21.9 Å². The molecule has 0 saturated heterocycles. The number of carbonyl (C=O) groups excluding carboxylic acids is 1. The minimum atomic E-state index is -1.03. The molecule has 2 aromatic heterocycles. The third-order valence-corrected chi connectivity index (χ3v) is 6.32. The van der Waals surface area contributed by atoms with Gasteiger partial charge in [0.15, 0.2) is 10.9 Å². The molecule has 0 aromatic carbocycles. The summed E-state index contributed by atoms with van der Waals surface area (Å²) in [6.07, 6.45) is 1.79. The van der Waals surface area contributed by atoms with Crippen molar-refractivity contribution in [2.75, 3.05) is 5.75 Å². The molecule has 8 heteroatoms. The zero-order chi connectivity index (χ0) is 19.4. The van der Waals surface area contributed by atoms with Crippen molar-refractivity contribution in [2.45, 2.75) is 52.2 Å². The van der Waals surface area contributed by atoms with Gasteiger partial charge in [0.25, 0.3) is 5.56 Å². The van der Waals surface area contributed by atoms with Crippen LogP contribution in [0.2, 0.25) is 0 Å². The standard InChI is InChI=1S/C18H22N4O2S2/c1-5-6-7-22-17(24)15-10(2)12(4)26-16(15)21-18(22)25-9-14(23)13(8-19)11(3)20/h13,20H,5-7,9H2,1-4H3/t13-/m1/s1. The Hall–Kier alpha value is -1.98. The number of nitriles is 1. The second kappa shape index (κ2) is 8.60. The first-order valence-corrected chi connectivity index (χ1v) is 10.2. The van der Waals surface area contributed by atoms with Crippen molar-refractivity contribution in [1.82, 2.24) is 9.55 Å². The molecule has 0 aliphatic rings. The zero-order valence-corrected chi connectivity index (χ0v) is 17.0. The number of nitrogens with one attached hydrogen (secondary N) is 1. The maximum Gasteiger partial charge on any atom is 0.263 e. The van der Waals surface area contributed by atoms with E-state index in [1.807, 2.05) is 19.9 Å². The van der Waals surface area contributed by atoms with Crippen LogP contribution in [0.5, 0.6) is 0 Å². The highest BCUT2D eigenvalue weighted by atomic mass is 32.2. The van der Waals surface area contributed by atoms with Gasteiger partial charge in [0, 0.05) is 17.1 Å². The Morgan fingerprint density at radius 1 is 1.46 bits per heavy atom. The van der Waals surface area contributed by atoms with Crippen LogP contribution in [0.4, 0.5) is 0 Å². The topological polar surface area (TPSA) is 99.6 Å². The normalized spacial score (nSPS) is 12.1. The number of carbonyl (C=O) groups is 1. The number of hydrogen-bond acceptors (Lipinski definition) is 7. The van der Waals surface area contributed by atoms with Gasteiger partial charge in [-0.15, -0.1) is 11.3 Å². The fraction of sp³-hybridized carbons (Fsp3) is 0.500. The number of Topliss-reactive ketones (excluding diaryl/α,β-unsaturated/α-hetero) is 1. The highest BCUT2D eigenvalue weighted by Crippen LogP contribution is 2.28. The molecule has 26 heavy (non-hydrogen) atoms. The van der Waals surface area contributed by atoms with Crippen molar-refractivity contribution >= 4 is 44.8 Å². The number of thiophene rings is 1. The molecule has 0 fully saturated rings. The quantitative estimate of drug-likeness (QED) is 0.421. The van der Waals surface area contributed by atoms with Crippen LogP contribution < -0.4 is 5.56 Å². The average molecular weight is 391 g/mol. The molecule has 2 heterocycles. The van der Waals surface area contributed by atoms with Crippen LogP contribution in [0.25, 0.3) is 10.2 Å². The molecule has 0 aliphatic heterocycles. The van der Waals surface area contributed by atoms with Crippen LogP contribution in [0, 0.1) is 36.5 Å². The van der Waals surface area contributed by atoms with Crippen LogP contribution in [0.3, 0.4) is 0 Å². The Bertz CT molecular complexity index is 953. The van der Waals surface area contributed by atoms with Crippen molar-refractivity contribution in [3.8, 4) is 6.07 Å². The molecule has 0 aliphatic carbocycles. The lowest BCUT2D eigenvalue weighted by Gasteiger charge is -2.12. The lowest BCUT2D eigenvalue weighted by atomic mass is 10.0. The van der Waals surface area contributed by atoms with E-state index >= 15 is 0 Å². The number of nitrogens with zero attached hydrogens (tertiary/aromatic N) is 3. The molecular weight excluding hydrogens is 368 g/mol. The number of unbranched alkanes of at least 4 members (excludes halogenated alkanes) is 1.